The van der Waals surface area contributed by atoms with Crippen LogP contribution < -0.4 is 16.0 Å². The quantitative estimate of drug-likeness (QED) is 0.121. The van der Waals surface area contributed by atoms with Gasteiger partial charge in [-0.3, -0.25) is 57.5 Å². The zero-order chi connectivity index (χ0) is 81.3. The third-order valence-corrected chi connectivity index (χ3v) is 24.0. The summed E-state index contributed by atoms with van der Waals surface area (Å²) in [5.41, 5.74) is -2.40. The molecule has 2 unspecified atom stereocenters. The number of hydrogen-bond donors (Lipinski definition) is 3. The first-order chi connectivity index (χ1) is 50.9. The molecule has 7 aliphatic rings. The van der Waals surface area contributed by atoms with Crippen LogP contribution in [0.3, 0.4) is 0 Å². The lowest BCUT2D eigenvalue weighted by molar-refractivity contribution is -0.219. The van der Waals surface area contributed by atoms with E-state index in [2.05, 4.69) is 16.0 Å². The van der Waals surface area contributed by atoms with E-state index in [-0.39, 0.29) is 103 Å². The molecule has 3 heterocycles. The van der Waals surface area contributed by atoms with Crippen molar-refractivity contribution in [1.82, 2.24) is 60.0 Å². The minimum atomic E-state index is -5.22. The number of carbonyl (C=O) groups excluding carboxylic acids is 12. The molecule has 2 saturated heterocycles. The van der Waals surface area contributed by atoms with Crippen LogP contribution in [0.5, 0.6) is 0 Å². The molecule has 2 bridgehead atoms. The number of carbonyl (C=O) groups is 12. The molecule has 7 rings (SSSR count). The number of rotatable bonds is 13. The van der Waals surface area contributed by atoms with E-state index in [4.69, 9.17) is 0 Å². The van der Waals surface area contributed by atoms with E-state index in [9.17, 15) is 63.9 Å². The smallest absolute Gasteiger partial charge is 0.344 e. The van der Waals surface area contributed by atoms with Crippen LogP contribution in [0.25, 0.3) is 0 Å². The van der Waals surface area contributed by atoms with Gasteiger partial charge < -0.3 is 60.0 Å². The Morgan fingerprint density at radius 3 is 1.82 bits per heavy atom. The van der Waals surface area contributed by atoms with Gasteiger partial charge in [-0.25, -0.2) is 17.6 Å². The third kappa shape index (κ3) is 21.7. The lowest BCUT2D eigenvalue weighted by atomic mass is 9.58. The zero-order valence-corrected chi connectivity index (χ0v) is 65.0. The van der Waals surface area contributed by atoms with Crippen molar-refractivity contribution in [2.45, 2.75) is 267 Å². The number of nitrogens with one attached hydrogen (secondary N) is 3. The van der Waals surface area contributed by atoms with Crippen LogP contribution in [0, 0.1) is 40.9 Å². The molecular weight excluding hydrogens is 1450 g/mol. The summed E-state index contributed by atoms with van der Waals surface area (Å²) in [7, 11) is 8.77. The highest BCUT2D eigenvalue weighted by atomic mass is 19.4. The molecule has 3 aliphatic heterocycles. The summed E-state index contributed by atoms with van der Waals surface area (Å²) in [6.45, 7) is 6.79. The van der Waals surface area contributed by atoms with Gasteiger partial charge in [0, 0.05) is 75.4 Å². The Kier molecular flexibility index (Phi) is 30.5. The average molecular weight is 1570 g/mol. The van der Waals surface area contributed by atoms with Crippen LogP contribution in [-0.2, 0) is 57.5 Å². The van der Waals surface area contributed by atoms with Crippen molar-refractivity contribution in [1.29, 1.82) is 0 Å². The van der Waals surface area contributed by atoms with E-state index >= 15 is 37.5 Å². The fourth-order valence-corrected chi connectivity index (χ4v) is 17.7. The molecule has 109 heavy (non-hydrogen) atoms. The number of nitrogens with zero attached hydrogens (tertiary/aromatic N) is 9. The first-order valence-corrected chi connectivity index (χ1v) is 38.6. The molecule has 0 aromatic carbocycles. The Morgan fingerprint density at radius 1 is 0.633 bits per heavy atom. The fourth-order valence-electron chi connectivity index (χ4n) is 17.7. The van der Waals surface area contributed by atoms with Crippen molar-refractivity contribution in [3.8, 4) is 0 Å². The molecule has 12 amide bonds. The van der Waals surface area contributed by atoms with Crippen molar-refractivity contribution < 1.29 is 101 Å². The van der Waals surface area contributed by atoms with Crippen LogP contribution in [0.15, 0.2) is 12.2 Å². The van der Waals surface area contributed by atoms with Crippen LogP contribution in [-0.4, -0.2) is 282 Å². The molecule has 1 spiro atoms. The van der Waals surface area contributed by atoms with E-state index in [1.54, 1.807) is 32.9 Å². The number of halogens is 10. The lowest BCUT2D eigenvalue weighted by Crippen LogP contribution is -2.71. The average Bonchev–Trinajstić information content (AvgIpc) is 1.37. The predicted octanol–water partition coefficient (Wildman–Crippen LogP) is 7.36. The molecule has 4 aliphatic carbocycles. The van der Waals surface area contributed by atoms with Gasteiger partial charge in [0.15, 0.2) is 0 Å². The second-order valence-corrected chi connectivity index (χ2v) is 32.7. The van der Waals surface area contributed by atoms with Crippen molar-refractivity contribution in [3.05, 3.63) is 12.2 Å². The normalized spacial score (nSPS) is 31.6. The molecule has 4 saturated carbocycles. The molecule has 0 radical (unpaired) electrons. The van der Waals surface area contributed by atoms with Gasteiger partial charge in [-0.1, -0.05) is 66.0 Å². The van der Waals surface area contributed by atoms with Crippen LogP contribution in [0.2, 0.25) is 0 Å². The summed E-state index contributed by atoms with van der Waals surface area (Å²) in [4.78, 5) is 190. The molecule has 24 nitrogen and oxygen atoms in total. The van der Waals surface area contributed by atoms with E-state index in [1.165, 1.54) is 57.0 Å². The molecule has 34 heteroatoms. The monoisotopic (exact) mass is 1560 g/mol. The van der Waals surface area contributed by atoms with Crippen LogP contribution >= 0.6 is 0 Å². The van der Waals surface area contributed by atoms with Gasteiger partial charge in [-0.2, -0.15) is 26.3 Å². The summed E-state index contributed by atoms with van der Waals surface area (Å²) >= 11 is 0. The summed E-state index contributed by atoms with van der Waals surface area (Å²) in [6.07, 6.45) is -17.7. The summed E-state index contributed by atoms with van der Waals surface area (Å²) in [5.74, 6) is -18.5. The zero-order valence-electron chi connectivity index (χ0n) is 65.0. The highest BCUT2D eigenvalue weighted by Crippen LogP contribution is 2.50. The topological polar surface area (TPSA) is 270 Å². The minimum absolute atomic E-state index is 0.00989. The molecule has 3 N–H and O–H groups in total. The maximum Gasteiger partial charge on any atom is 0.397 e. The first-order valence-electron chi connectivity index (χ1n) is 38.6. The highest BCUT2D eigenvalue weighted by molar-refractivity contribution is 6.01. The van der Waals surface area contributed by atoms with Gasteiger partial charge in [0.25, 0.3) is 0 Å². The Hall–Kier alpha value is -7.32. The summed E-state index contributed by atoms with van der Waals surface area (Å²) in [6, 6.07) is -12.6. The molecular formula is C75H114F10N12O12. The standard InChI is InChI=1S/C75H114F10N12O12/c1-13-31-89(6)66(104)54-38-58(99)93(10)53(37-56(78)79)63(101)87-61(43(3)14-2)69(107)91(8)40-59(100)92(9)52-23-16-15-19-32-97(68(52)106)55(36-44-25-28-47(29-26-44)74(80,81)82)67(105)90(7)39-57(98)86-50(30-27-45-34-48(76)60(49(77)35-45)75(83,84)85)65(103)96-33-20-24-51(96)64(102)88-73(41-72(4,5)42-73)71(109)95(12)62(70(108)94(54)11)46-21-17-18-22-46/h15-16,43-56,60-62H,13-14,17-42H2,1-12H3,(H,86,98)(H,87,101)(H,88,102)/b16-15-/t43-,44?,45?,47?,48?,49?,50-,51-,52-,53-,54-,55-,60?,61-,62-/m0/s1. The molecule has 11 atom stereocenters. The van der Waals surface area contributed by atoms with Gasteiger partial charge in [0.1, 0.15) is 72.1 Å². The van der Waals surface area contributed by atoms with E-state index in [1.807, 2.05) is 13.8 Å². The fraction of sp³-hybridized carbons (Fsp3) is 0.813. The van der Waals surface area contributed by atoms with Crippen molar-refractivity contribution >= 4 is 70.9 Å². The highest BCUT2D eigenvalue weighted by Gasteiger charge is 2.60. The van der Waals surface area contributed by atoms with Gasteiger partial charge in [0.05, 0.1) is 25.4 Å². The maximum absolute atomic E-state index is 15.7. The van der Waals surface area contributed by atoms with Crippen LogP contribution in [0.1, 0.15) is 182 Å². The Balaban J connectivity index is 1.33. The second kappa shape index (κ2) is 37.3. The predicted molar refractivity (Wildman–Crippen MR) is 380 cm³/mol. The molecule has 616 valence electrons. The first kappa shape index (κ1) is 88.9. The Labute approximate surface area is 632 Å². The van der Waals surface area contributed by atoms with Crippen molar-refractivity contribution in [2.75, 3.05) is 82.1 Å². The number of amides is 12. The minimum Gasteiger partial charge on any atom is -0.344 e. The number of likely N-dealkylation sites (N-methyl/N-ethyl adjacent to an activating group) is 7. The molecule has 6 fully saturated rings. The largest absolute Gasteiger partial charge is 0.397 e. The summed E-state index contributed by atoms with van der Waals surface area (Å²) in [5, 5.41) is 8.08. The lowest BCUT2D eigenvalue weighted by Gasteiger charge is -2.54. The van der Waals surface area contributed by atoms with Gasteiger partial charge in [-0.05, 0) is 145 Å². The molecule has 0 aromatic rings. The van der Waals surface area contributed by atoms with Crippen molar-refractivity contribution in [2.24, 2.45) is 40.9 Å². The summed E-state index contributed by atoms with van der Waals surface area (Å²) < 4.78 is 145. The molecule has 0 aromatic heterocycles. The van der Waals surface area contributed by atoms with E-state index in [0.717, 1.165) is 31.5 Å². The van der Waals surface area contributed by atoms with Crippen molar-refractivity contribution in [3.63, 3.8) is 0 Å². The van der Waals surface area contributed by atoms with E-state index in [0.29, 0.717) is 37.0 Å². The SMILES string of the molecule is CCCN(C)C(=O)[C@@H]1CC(=O)N(C)[C@@H](CC(F)F)C(=O)N[C@@H]([C@@H](C)CC)C(=O)N(C)CC(=O)N(C)[C@H]2C/C=C\CCN(C2=O)[C@@H](CC2CCC(C(F)(F)F)CC2)C(=O)N(C)CC(=O)N[C@@H](CCC2CC(F)C(C(F)(F)F)C(F)C2)C(=O)N2CCC[C@H]2C(=O)NC2(CC(C)(C)C2)C(=O)N(C)[C@@H](C2CCCC2)C(=O)N1C. The maximum atomic E-state index is 15.7. The second-order valence-electron chi connectivity index (χ2n) is 32.7. The number of hydrogen-bond acceptors (Lipinski definition) is 12. The van der Waals surface area contributed by atoms with E-state index < -0.39 is 242 Å². The number of fused-ring (bicyclic) bond motifs is 3. The Morgan fingerprint density at radius 2 is 1.25 bits per heavy atom. The Bertz CT molecular complexity index is 3280. The third-order valence-electron chi connectivity index (χ3n) is 24.0. The number of alkyl halides is 10. The van der Waals surface area contributed by atoms with Gasteiger partial charge in [-0.15, -0.1) is 0 Å². The van der Waals surface area contributed by atoms with Crippen LogP contribution in [0.4, 0.5) is 43.9 Å². The van der Waals surface area contributed by atoms with Gasteiger partial charge in [0.2, 0.25) is 77.3 Å². The van der Waals surface area contributed by atoms with Gasteiger partial charge >= 0.3 is 12.4 Å².